The van der Waals surface area contributed by atoms with Crippen LogP contribution in [0.25, 0.3) is 0 Å². The number of hydrogen-bond donors (Lipinski definition) is 1. The average Bonchev–Trinajstić information content (AvgIpc) is 3.45. The summed E-state index contributed by atoms with van der Waals surface area (Å²) in [6.07, 6.45) is 4.67. The molecular formula is C22H24N4O2. The van der Waals surface area contributed by atoms with E-state index in [1.165, 1.54) is 0 Å². The third-order valence-electron chi connectivity index (χ3n) is 5.11. The molecule has 2 aromatic heterocycles. The van der Waals surface area contributed by atoms with Gasteiger partial charge in [0, 0.05) is 22.9 Å². The van der Waals surface area contributed by atoms with Gasteiger partial charge >= 0.3 is 0 Å². The van der Waals surface area contributed by atoms with Gasteiger partial charge in [-0.2, -0.15) is 0 Å². The van der Waals surface area contributed by atoms with Crippen LogP contribution < -0.4 is 5.32 Å². The first-order chi connectivity index (χ1) is 13.5. The van der Waals surface area contributed by atoms with Crippen LogP contribution in [0.3, 0.4) is 0 Å². The number of rotatable bonds is 6. The maximum atomic E-state index is 12.7. The Hall–Kier alpha value is -3.02. The van der Waals surface area contributed by atoms with Crippen LogP contribution in [0.4, 0.5) is 5.69 Å². The highest BCUT2D eigenvalue weighted by Crippen LogP contribution is 2.38. The third-order valence-corrected chi connectivity index (χ3v) is 5.11. The van der Waals surface area contributed by atoms with Gasteiger partial charge in [0.15, 0.2) is 0 Å². The fraction of sp³-hybridized carbons (Fsp3) is 0.364. The first-order valence-electron chi connectivity index (χ1n) is 9.66. The summed E-state index contributed by atoms with van der Waals surface area (Å²) in [6, 6.07) is 9.66. The van der Waals surface area contributed by atoms with E-state index in [1.807, 2.05) is 32.0 Å². The number of carbonyl (C=O) groups is 1. The minimum absolute atomic E-state index is 0.204. The fourth-order valence-corrected chi connectivity index (χ4v) is 3.27. The Labute approximate surface area is 164 Å². The molecule has 0 unspecified atom stereocenters. The molecule has 1 aliphatic carbocycles. The Balaban J connectivity index is 1.48. The average molecular weight is 376 g/mol. The van der Waals surface area contributed by atoms with E-state index in [2.05, 4.69) is 33.4 Å². The molecule has 1 aromatic carbocycles. The van der Waals surface area contributed by atoms with Crippen LogP contribution >= 0.6 is 0 Å². The molecule has 0 bridgehead atoms. The lowest BCUT2D eigenvalue weighted by atomic mass is 9.95. The molecule has 2 heterocycles. The van der Waals surface area contributed by atoms with Crippen LogP contribution in [-0.4, -0.2) is 21.0 Å². The summed E-state index contributed by atoms with van der Waals surface area (Å²) in [6.45, 7) is 6.04. The molecule has 1 atom stereocenters. The van der Waals surface area contributed by atoms with E-state index in [0.29, 0.717) is 11.6 Å². The largest absolute Gasteiger partial charge is 0.364 e. The molecule has 3 aromatic rings. The Bertz CT molecular complexity index is 1010. The zero-order valence-electron chi connectivity index (χ0n) is 16.4. The van der Waals surface area contributed by atoms with E-state index < -0.39 is 0 Å². The maximum Gasteiger partial charge on any atom is 0.274 e. The van der Waals surface area contributed by atoms with Crippen LogP contribution in [-0.2, 0) is 6.42 Å². The molecule has 28 heavy (non-hydrogen) atoms. The van der Waals surface area contributed by atoms with Gasteiger partial charge in [0.2, 0.25) is 0 Å². The third kappa shape index (κ3) is 4.11. The number of nitrogens with zero attached hydrogens (tertiary/aromatic N) is 3. The highest BCUT2D eigenvalue weighted by Gasteiger charge is 2.27. The van der Waals surface area contributed by atoms with Crippen molar-refractivity contribution in [3.63, 3.8) is 0 Å². The number of anilines is 1. The SMILES string of the molecule is Cc1cc(C(=O)Nc2cccc([C@H](C)Cc3nocc3C)c2)nc(C2CC2)n1. The standard InChI is InChI=1S/C22H24N4O2/c1-13(9-19-14(2)12-28-26-19)17-5-4-6-18(11-17)24-22(27)20-10-15(3)23-21(25-20)16-7-8-16/h4-6,10-13,16H,7-9H2,1-3H3,(H,24,27)/t13-/m1/s1. The van der Waals surface area contributed by atoms with Crippen molar-refractivity contribution in [3.05, 3.63) is 70.6 Å². The second-order valence-electron chi connectivity index (χ2n) is 7.66. The molecule has 0 aliphatic heterocycles. The number of amides is 1. The smallest absolute Gasteiger partial charge is 0.274 e. The summed E-state index contributed by atoms with van der Waals surface area (Å²) in [5, 5.41) is 7.04. The van der Waals surface area contributed by atoms with Gasteiger partial charge in [-0.15, -0.1) is 0 Å². The van der Waals surface area contributed by atoms with E-state index in [0.717, 1.165) is 53.3 Å². The number of benzene rings is 1. The number of nitrogens with one attached hydrogen (secondary N) is 1. The fourth-order valence-electron chi connectivity index (χ4n) is 3.27. The van der Waals surface area contributed by atoms with Crippen LogP contribution in [0.15, 0.2) is 41.1 Å². The summed E-state index contributed by atoms with van der Waals surface area (Å²) in [4.78, 5) is 21.6. The number of aryl methyl sites for hydroxylation is 2. The Morgan fingerprint density at radius 2 is 2.07 bits per heavy atom. The maximum absolute atomic E-state index is 12.7. The van der Waals surface area contributed by atoms with Crippen molar-refractivity contribution in [2.24, 2.45) is 0 Å². The lowest BCUT2D eigenvalue weighted by molar-refractivity contribution is 0.102. The molecule has 1 saturated carbocycles. The number of aromatic nitrogens is 3. The van der Waals surface area contributed by atoms with Gasteiger partial charge in [0.1, 0.15) is 17.8 Å². The molecule has 1 fully saturated rings. The lowest BCUT2D eigenvalue weighted by Gasteiger charge is -2.13. The number of carbonyl (C=O) groups excluding carboxylic acids is 1. The molecule has 0 saturated heterocycles. The second-order valence-corrected chi connectivity index (χ2v) is 7.66. The molecule has 0 spiro atoms. The summed E-state index contributed by atoms with van der Waals surface area (Å²) in [7, 11) is 0. The summed E-state index contributed by atoms with van der Waals surface area (Å²) < 4.78 is 5.03. The quantitative estimate of drug-likeness (QED) is 0.682. The van der Waals surface area contributed by atoms with E-state index in [9.17, 15) is 4.79 Å². The van der Waals surface area contributed by atoms with Gasteiger partial charge in [0.05, 0.1) is 5.69 Å². The molecule has 144 valence electrons. The van der Waals surface area contributed by atoms with Gasteiger partial charge in [-0.25, -0.2) is 9.97 Å². The van der Waals surface area contributed by atoms with Crippen LogP contribution in [0.5, 0.6) is 0 Å². The monoisotopic (exact) mass is 376 g/mol. The molecule has 1 N–H and O–H groups in total. The Kier molecular flexibility index (Phi) is 4.94. The second kappa shape index (κ2) is 7.54. The van der Waals surface area contributed by atoms with Gasteiger partial charge < -0.3 is 9.84 Å². The predicted octanol–water partition coefficient (Wildman–Crippen LogP) is 4.56. The van der Waals surface area contributed by atoms with Crippen LogP contribution in [0, 0.1) is 13.8 Å². The van der Waals surface area contributed by atoms with Crippen molar-refractivity contribution in [3.8, 4) is 0 Å². The van der Waals surface area contributed by atoms with Crippen molar-refractivity contribution in [2.75, 3.05) is 5.32 Å². The molecule has 4 rings (SSSR count). The van der Waals surface area contributed by atoms with Gasteiger partial charge in [-0.3, -0.25) is 4.79 Å². The zero-order chi connectivity index (χ0) is 19.7. The topological polar surface area (TPSA) is 80.9 Å². The number of hydrogen-bond acceptors (Lipinski definition) is 5. The van der Waals surface area contributed by atoms with Crippen molar-refractivity contribution in [1.82, 2.24) is 15.1 Å². The van der Waals surface area contributed by atoms with E-state index in [-0.39, 0.29) is 11.8 Å². The molecule has 0 radical (unpaired) electrons. The first-order valence-corrected chi connectivity index (χ1v) is 9.66. The van der Waals surface area contributed by atoms with Crippen LogP contribution in [0.1, 0.15) is 70.4 Å². The van der Waals surface area contributed by atoms with E-state index in [1.54, 1.807) is 12.3 Å². The summed E-state index contributed by atoms with van der Waals surface area (Å²) >= 11 is 0. The molecule has 6 heteroatoms. The lowest BCUT2D eigenvalue weighted by Crippen LogP contribution is -2.16. The van der Waals surface area contributed by atoms with Gasteiger partial charge in [-0.1, -0.05) is 24.2 Å². The predicted molar refractivity (Wildman–Crippen MR) is 106 cm³/mol. The highest BCUT2D eigenvalue weighted by atomic mass is 16.5. The van der Waals surface area contributed by atoms with Gasteiger partial charge in [-0.05, 0) is 62.8 Å². The molecular weight excluding hydrogens is 352 g/mol. The van der Waals surface area contributed by atoms with Gasteiger partial charge in [0.25, 0.3) is 5.91 Å². The van der Waals surface area contributed by atoms with E-state index >= 15 is 0 Å². The summed E-state index contributed by atoms with van der Waals surface area (Å²) in [5.41, 5.74) is 5.17. The molecule has 6 nitrogen and oxygen atoms in total. The minimum Gasteiger partial charge on any atom is -0.364 e. The highest BCUT2D eigenvalue weighted by molar-refractivity contribution is 6.02. The first kappa shape index (κ1) is 18.3. The zero-order valence-corrected chi connectivity index (χ0v) is 16.4. The summed E-state index contributed by atoms with van der Waals surface area (Å²) in [5.74, 6) is 1.25. The minimum atomic E-state index is -0.204. The van der Waals surface area contributed by atoms with Crippen molar-refractivity contribution < 1.29 is 9.32 Å². The molecule has 1 amide bonds. The Morgan fingerprint density at radius 1 is 1.25 bits per heavy atom. The van der Waals surface area contributed by atoms with Crippen LogP contribution in [0.2, 0.25) is 0 Å². The molecule has 1 aliphatic rings. The normalized spacial score (nSPS) is 14.7. The van der Waals surface area contributed by atoms with E-state index in [4.69, 9.17) is 4.52 Å². The Morgan fingerprint density at radius 3 is 2.79 bits per heavy atom. The van der Waals surface area contributed by atoms with Crippen molar-refractivity contribution >= 4 is 11.6 Å². The van der Waals surface area contributed by atoms with Crippen molar-refractivity contribution in [1.29, 1.82) is 0 Å². The van der Waals surface area contributed by atoms with Crippen molar-refractivity contribution in [2.45, 2.75) is 51.9 Å².